The molecule has 0 radical (unpaired) electrons. The van der Waals surface area contributed by atoms with Gasteiger partial charge in [0.15, 0.2) is 0 Å². The van der Waals surface area contributed by atoms with Crippen molar-refractivity contribution in [1.82, 2.24) is 0 Å². The normalized spacial score (nSPS) is 17.2. The zero-order valence-electron chi connectivity index (χ0n) is 6.44. The number of hydrogen-bond donors (Lipinski definition) is 0. The van der Waals surface area contributed by atoms with Crippen LogP contribution in [0.5, 0.6) is 0 Å². The van der Waals surface area contributed by atoms with Crippen molar-refractivity contribution in [3.05, 3.63) is 24.0 Å². The molecule has 2 heteroatoms. The molecular formula is C8H12O2. The zero-order valence-corrected chi connectivity index (χ0v) is 6.44. The molecule has 1 heterocycles. The van der Waals surface area contributed by atoms with Gasteiger partial charge in [-0.15, -0.1) is 0 Å². The number of hydrogen-bond acceptors (Lipinski definition) is 2. The summed E-state index contributed by atoms with van der Waals surface area (Å²) in [5, 5.41) is 0. The molecule has 0 bridgehead atoms. The van der Waals surface area contributed by atoms with E-state index in [1.807, 2.05) is 6.92 Å². The maximum Gasteiger partial charge on any atom is 0.282 e. The third-order valence-corrected chi connectivity index (χ3v) is 1.37. The highest BCUT2D eigenvalue weighted by Crippen LogP contribution is 2.25. The highest BCUT2D eigenvalue weighted by atomic mass is 16.7. The fourth-order valence-corrected chi connectivity index (χ4v) is 0.912. The van der Waals surface area contributed by atoms with Gasteiger partial charge in [-0.3, -0.25) is 0 Å². The van der Waals surface area contributed by atoms with Crippen molar-refractivity contribution in [2.24, 2.45) is 0 Å². The standard InChI is InChI=1S/C8H12O2/c1-4-5-8-6(2)9-7(3)10-8/h3-5H2,1-2H3. The largest absolute Gasteiger partial charge is 0.428 e. The molecule has 0 amide bonds. The van der Waals surface area contributed by atoms with E-state index >= 15 is 0 Å². The van der Waals surface area contributed by atoms with Gasteiger partial charge in [-0.25, -0.2) is 0 Å². The summed E-state index contributed by atoms with van der Waals surface area (Å²) in [5.74, 6) is 2.18. The van der Waals surface area contributed by atoms with Gasteiger partial charge in [0.2, 0.25) is 0 Å². The molecule has 1 aliphatic heterocycles. The van der Waals surface area contributed by atoms with Crippen LogP contribution in [-0.2, 0) is 9.47 Å². The average molecular weight is 140 g/mol. The quantitative estimate of drug-likeness (QED) is 0.586. The molecule has 0 fully saturated rings. The molecule has 1 aliphatic rings. The van der Waals surface area contributed by atoms with Gasteiger partial charge in [0, 0.05) is 6.42 Å². The van der Waals surface area contributed by atoms with Gasteiger partial charge in [0.25, 0.3) is 5.95 Å². The maximum absolute atomic E-state index is 5.18. The lowest BCUT2D eigenvalue weighted by Crippen LogP contribution is -1.82. The lowest BCUT2D eigenvalue weighted by atomic mass is 10.3. The Labute approximate surface area is 61.1 Å². The molecule has 0 saturated carbocycles. The number of allylic oxidation sites excluding steroid dienone is 2. The summed E-state index contributed by atoms with van der Waals surface area (Å²) in [7, 11) is 0. The third kappa shape index (κ3) is 1.32. The fraction of sp³-hybridized carbons (Fsp3) is 0.500. The van der Waals surface area contributed by atoms with E-state index in [9.17, 15) is 0 Å². The van der Waals surface area contributed by atoms with Crippen LogP contribution in [0, 0.1) is 0 Å². The second-order valence-corrected chi connectivity index (χ2v) is 2.31. The highest BCUT2D eigenvalue weighted by molar-refractivity contribution is 5.08. The van der Waals surface area contributed by atoms with Gasteiger partial charge in [-0.2, -0.15) is 0 Å². The van der Waals surface area contributed by atoms with Crippen molar-refractivity contribution in [3.63, 3.8) is 0 Å². The van der Waals surface area contributed by atoms with Crippen LogP contribution in [0.2, 0.25) is 0 Å². The summed E-state index contributed by atoms with van der Waals surface area (Å²) < 4.78 is 10.3. The van der Waals surface area contributed by atoms with Gasteiger partial charge in [0.05, 0.1) is 0 Å². The zero-order chi connectivity index (χ0) is 7.56. The van der Waals surface area contributed by atoms with Gasteiger partial charge in [0.1, 0.15) is 11.5 Å². The van der Waals surface area contributed by atoms with Crippen molar-refractivity contribution < 1.29 is 9.47 Å². The van der Waals surface area contributed by atoms with Crippen LogP contribution in [0.3, 0.4) is 0 Å². The van der Waals surface area contributed by atoms with Crippen LogP contribution < -0.4 is 0 Å². The monoisotopic (exact) mass is 140 g/mol. The molecule has 1 rings (SSSR count). The van der Waals surface area contributed by atoms with Crippen molar-refractivity contribution in [2.75, 3.05) is 0 Å². The summed E-state index contributed by atoms with van der Waals surface area (Å²) in [4.78, 5) is 0. The van der Waals surface area contributed by atoms with Crippen LogP contribution >= 0.6 is 0 Å². The van der Waals surface area contributed by atoms with E-state index in [0.29, 0.717) is 5.95 Å². The van der Waals surface area contributed by atoms with Crippen molar-refractivity contribution >= 4 is 0 Å². The van der Waals surface area contributed by atoms with E-state index in [0.717, 1.165) is 24.4 Å². The van der Waals surface area contributed by atoms with Crippen LogP contribution in [0.25, 0.3) is 0 Å². The van der Waals surface area contributed by atoms with Crippen LogP contribution in [-0.4, -0.2) is 0 Å². The smallest absolute Gasteiger partial charge is 0.282 e. The molecule has 0 spiro atoms. The second-order valence-electron chi connectivity index (χ2n) is 2.31. The molecule has 0 aromatic carbocycles. The minimum absolute atomic E-state index is 0.404. The van der Waals surface area contributed by atoms with Gasteiger partial charge in [-0.1, -0.05) is 6.92 Å². The van der Waals surface area contributed by atoms with E-state index in [2.05, 4.69) is 13.5 Å². The number of ether oxygens (including phenoxy) is 2. The Hall–Kier alpha value is -0.920. The van der Waals surface area contributed by atoms with Gasteiger partial charge < -0.3 is 9.47 Å². The van der Waals surface area contributed by atoms with E-state index in [1.54, 1.807) is 0 Å². The predicted octanol–water partition coefficient (Wildman–Crippen LogP) is 2.54. The SMILES string of the molecule is C=C1OC(C)=C(CCC)O1. The molecule has 0 unspecified atom stereocenters. The minimum Gasteiger partial charge on any atom is -0.428 e. The van der Waals surface area contributed by atoms with Crippen LogP contribution in [0.1, 0.15) is 26.7 Å². The Kier molecular flexibility index (Phi) is 2.00. The molecule has 56 valence electrons. The summed E-state index contributed by atoms with van der Waals surface area (Å²) >= 11 is 0. The summed E-state index contributed by atoms with van der Waals surface area (Å²) in [5.41, 5.74) is 0. The Morgan fingerprint density at radius 1 is 1.40 bits per heavy atom. The van der Waals surface area contributed by atoms with E-state index in [4.69, 9.17) is 9.47 Å². The summed E-state index contributed by atoms with van der Waals surface area (Å²) in [6.07, 6.45) is 2.01. The predicted molar refractivity (Wildman–Crippen MR) is 38.9 cm³/mol. The van der Waals surface area contributed by atoms with Crippen molar-refractivity contribution in [2.45, 2.75) is 26.7 Å². The topological polar surface area (TPSA) is 18.5 Å². The number of rotatable bonds is 2. The van der Waals surface area contributed by atoms with E-state index < -0.39 is 0 Å². The van der Waals surface area contributed by atoms with Crippen LogP contribution in [0.4, 0.5) is 0 Å². The Morgan fingerprint density at radius 2 is 2.10 bits per heavy atom. The van der Waals surface area contributed by atoms with E-state index in [1.165, 1.54) is 0 Å². The molecule has 0 aromatic heterocycles. The van der Waals surface area contributed by atoms with Gasteiger partial charge >= 0.3 is 0 Å². The molecular weight excluding hydrogens is 128 g/mol. The first-order chi connectivity index (χ1) is 4.74. The minimum atomic E-state index is 0.404. The molecule has 2 nitrogen and oxygen atoms in total. The first-order valence-electron chi connectivity index (χ1n) is 3.48. The Balaban J connectivity index is 2.57. The summed E-state index contributed by atoms with van der Waals surface area (Å²) in [6, 6.07) is 0. The lowest BCUT2D eigenvalue weighted by molar-refractivity contribution is 0.177. The van der Waals surface area contributed by atoms with E-state index in [-0.39, 0.29) is 0 Å². The molecule has 0 atom stereocenters. The molecule has 0 N–H and O–H groups in total. The first kappa shape index (κ1) is 7.19. The highest BCUT2D eigenvalue weighted by Gasteiger charge is 2.15. The Morgan fingerprint density at radius 3 is 2.50 bits per heavy atom. The second kappa shape index (κ2) is 2.78. The third-order valence-electron chi connectivity index (χ3n) is 1.37. The van der Waals surface area contributed by atoms with Gasteiger partial charge in [-0.05, 0) is 19.9 Å². The van der Waals surface area contributed by atoms with Crippen molar-refractivity contribution in [1.29, 1.82) is 0 Å². The molecule has 0 aromatic rings. The van der Waals surface area contributed by atoms with Crippen LogP contribution in [0.15, 0.2) is 24.0 Å². The first-order valence-corrected chi connectivity index (χ1v) is 3.48. The fourth-order valence-electron chi connectivity index (χ4n) is 0.912. The Bertz CT molecular complexity index is 180. The summed E-state index contributed by atoms with van der Waals surface area (Å²) in [6.45, 7) is 7.54. The lowest BCUT2D eigenvalue weighted by Gasteiger charge is -1.96. The van der Waals surface area contributed by atoms with Crippen molar-refractivity contribution in [3.8, 4) is 0 Å². The average Bonchev–Trinajstić information content (AvgIpc) is 2.13. The molecule has 0 aliphatic carbocycles. The maximum atomic E-state index is 5.18. The molecule has 10 heavy (non-hydrogen) atoms. The molecule has 0 saturated heterocycles.